The van der Waals surface area contributed by atoms with Crippen LogP contribution in [0.1, 0.15) is 80.6 Å². The number of rotatable bonds is 10. The maximum Gasteiger partial charge on any atom is 0.410 e. The third-order valence-electron chi connectivity index (χ3n) is 9.30. The molecular weight excluding hydrogens is 592 g/mol. The van der Waals surface area contributed by atoms with E-state index in [2.05, 4.69) is 18.3 Å². The van der Waals surface area contributed by atoms with Crippen molar-refractivity contribution in [1.29, 1.82) is 0 Å². The molecule has 0 radical (unpaired) electrons. The zero-order valence-corrected chi connectivity index (χ0v) is 28.6. The first-order chi connectivity index (χ1) is 21.7. The summed E-state index contributed by atoms with van der Waals surface area (Å²) in [4.78, 5) is 39.9. The van der Waals surface area contributed by atoms with Gasteiger partial charge in [-0.15, -0.1) is 0 Å². The van der Waals surface area contributed by atoms with Crippen molar-refractivity contribution >= 4 is 18.0 Å². The Morgan fingerprint density at radius 2 is 1.91 bits per heavy atom. The van der Waals surface area contributed by atoms with E-state index in [1.807, 2.05) is 45.9 Å². The third kappa shape index (κ3) is 11.2. The maximum atomic E-state index is 13.2. The summed E-state index contributed by atoms with van der Waals surface area (Å²) in [5, 5.41) is 24.1. The molecule has 260 valence electrons. The summed E-state index contributed by atoms with van der Waals surface area (Å²) in [6.07, 6.45) is 7.84. The first-order valence-electron chi connectivity index (χ1n) is 16.8. The van der Waals surface area contributed by atoms with Crippen molar-refractivity contribution in [2.75, 3.05) is 26.2 Å². The van der Waals surface area contributed by atoms with Gasteiger partial charge in [0.2, 0.25) is 0 Å². The van der Waals surface area contributed by atoms with Crippen LogP contribution >= 0.6 is 0 Å². The molecule has 3 N–H and O–H groups in total. The van der Waals surface area contributed by atoms with E-state index in [-0.39, 0.29) is 55.3 Å². The number of ether oxygens (including phenoxy) is 4. The van der Waals surface area contributed by atoms with E-state index in [1.54, 1.807) is 17.9 Å². The number of cyclic esters (lactones) is 1. The number of piperazine rings is 1. The second kappa shape index (κ2) is 17.4. The Bertz CT molecular complexity index is 1120. The summed E-state index contributed by atoms with van der Waals surface area (Å²) in [7, 11) is 0. The number of esters is 2. The summed E-state index contributed by atoms with van der Waals surface area (Å²) >= 11 is 0. The second-order valence-electron chi connectivity index (χ2n) is 13.5. The van der Waals surface area contributed by atoms with Gasteiger partial charge < -0.3 is 39.4 Å². The van der Waals surface area contributed by atoms with E-state index in [0.29, 0.717) is 32.6 Å². The van der Waals surface area contributed by atoms with Gasteiger partial charge in [-0.3, -0.25) is 9.59 Å². The molecule has 2 saturated heterocycles. The van der Waals surface area contributed by atoms with E-state index >= 15 is 0 Å². The summed E-state index contributed by atoms with van der Waals surface area (Å²) in [6.45, 7) is 15.2. The zero-order chi connectivity index (χ0) is 34.0. The highest BCUT2D eigenvalue weighted by Gasteiger charge is 2.45. The average Bonchev–Trinajstić information content (AvgIpc) is 3.77. The van der Waals surface area contributed by atoms with Crippen molar-refractivity contribution in [3.05, 3.63) is 36.0 Å². The minimum Gasteiger partial charge on any atom is -0.457 e. The van der Waals surface area contributed by atoms with E-state index < -0.39 is 41.9 Å². The number of nitrogens with zero attached hydrogens (tertiary/aromatic N) is 1. The molecule has 1 amide bonds. The second-order valence-corrected chi connectivity index (χ2v) is 13.5. The van der Waals surface area contributed by atoms with Crippen LogP contribution in [-0.4, -0.2) is 102 Å². The predicted molar refractivity (Wildman–Crippen MR) is 174 cm³/mol. The van der Waals surface area contributed by atoms with Gasteiger partial charge in [-0.2, -0.15) is 0 Å². The van der Waals surface area contributed by atoms with E-state index in [0.717, 1.165) is 12.0 Å². The number of amides is 1. The van der Waals surface area contributed by atoms with Gasteiger partial charge in [-0.1, -0.05) is 52.0 Å². The Labute approximate surface area is 274 Å². The largest absolute Gasteiger partial charge is 0.457 e. The number of hydrogen-bond acceptors (Lipinski definition) is 10. The minimum atomic E-state index is -1.27. The number of aliphatic hydroxyl groups excluding tert-OH is 2. The van der Waals surface area contributed by atoms with Crippen molar-refractivity contribution in [3.8, 4) is 0 Å². The standard InChI is InChI=1S/C35H56N2O9/c1-8-28(40)25(5)33-29(43-33)20-22(2)10-9-11-23(3)32-24(4)12-13-30(44-34(42)37-18-16-36-17-19-37)35(7,46-26(6)38)15-14-27(39)21-31(41)45-32/h9-13,22,24-25,27-30,32-33,36,39-40H,8,14-21H2,1-7H3/b10-9+,13-12+,23-11+/t22-,24+,25-,27-,28+,29-,30+,32-,33-,35-/m1/s1. The Morgan fingerprint density at radius 3 is 2.57 bits per heavy atom. The van der Waals surface area contributed by atoms with Crippen LogP contribution in [-0.2, 0) is 28.5 Å². The Morgan fingerprint density at radius 1 is 1.22 bits per heavy atom. The smallest absolute Gasteiger partial charge is 0.410 e. The Hall–Kier alpha value is -2.73. The molecule has 0 saturated carbocycles. The van der Waals surface area contributed by atoms with Crippen LogP contribution in [0.15, 0.2) is 36.0 Å². The molecular formula is C35H56N2O9. The van der Waals surface area contributed by atoms with Crippen LogP contribution in [0.3, 0.4) is 0 Å². The molecule has 3 rings (SSSR count). The lowest BCUT2D eigenvalue weighted by Gasteiger charge is -2.37. The molecule has 0 spiro atoms. The van der Waals surface area contributed by atoms with Crippen molar-refractivity contribution in [2.24, 2.45) is 17.8 Å². The summed E-state index contributed by atoms with van der Waals surface area (Å²) in [6, 6.07) is 0. The Balaban J connectivity index is 1.79. The van der Waals surface area contributed by atoms with E-state index in [9.17, 15) is 24.6 Å². The minimum absolute atomic E-state index is 0.0874. The van der Waals surface area contributed by atoms with Gasteiger partial charge in [0.05, 0.1) is 30.8 Å². The SMILES string of the molecule is CC[C@H](O)[C@@H](C)[C@H]1O[C@@H]1C[C@H](C)/C=C/C=C(\C)[C@H]1OC(=O)C[C@H](O)CC[C@@](C)(OC(C)=O)[C@@H](OC(=O)N2CCNCC2)/C=C/[C@@H]1C. The number of allylic oxidation sites excluding steroid dienone is 3. The predicted octanol–water partition coefficient (Wildman–Crippen LogP) is 4.07. The fourth-order valence-corrected chi connectivity index (χ4v) is 6.24. The molecule has 46 heavy (non-hydrogen) atoms. The number of epoxide rings is 1. The lowest BCUT2D eigenvalue weighted by Crippen LogP contribution is -2.51. The fraction of sp³-hybridized carbons (Fsp3) is 0.743. The van der Waals surface area contributed by atoms with Crippen molar-refractivity contribution < 1.29 is 43.5 Å². The summed E-state index contributed by atoms with van der Waals surface area (Å²) in [5.74, 6) is -1.06. The van der Waals surface area contributed by atoms with Crippen molar-refractivity contribution in [3.63, 3.8) is 0 Å². The molecule has 3 heterocycles. The van der Waals surface area contributed by atoms with Gasteiger partial charge in [-0.25, -0.2) is 4.79 Å². The van der Waals surface area contributed by atoms with Crippen LogP contribution in [0.25, 0.3) is 0 Å². The highest BCUT2D eigenvalue weighted by molar-refractivity contribution is 5.71. The fourth-order valence-electron chi connectivity index (χ4n) is 6.24. The topological polar surface area (TPSA) is 147 Å². The molecule has 0 unspecified atom stereocenters. The molecule has 0 aromatic carbocycles. The molecule has 0 aliphatic carbocycles. The van der Waals surface area contributed by atoms with Crippen LogP contribution in [0.4, 0.5) is 4.79 Å². The molecule has 3 aliphatic heterocycles. The van der Waals surface area contributed by atoms with Gasteiger partial charge in [0.1, 0.15) is 11.7 Å². The maximum absolute atomic E-state index is 13.2. The lowest BCUT2D eigenvalue weighted by molar-refractivity contribution is -0.168. The van der Waals surface area contributed by atoms with Crippen molar-refractivity contribution in [1.82, 2.24) is 10.2 Å². The highest BCUT2D eigenvalue weighted by Crippen LogP contribution is 2.36. The molecule has 0 bridgehead atoms. The first kappa shape index (κ1) is 37.7. The Kier molecular flexibility index (Phi) is 14.3. The van der Waals surface area contributed by atoms with Crippen LogP contribution in [0.2, 0.25) is 0 Å². The molecule has 11 nitrogen and oxygen atoms in total. The lowest BCUT2D eigenvalue weighted by atomic mass is 9.88. The first-order valence-corrected chi connectivity index (χ1v) is 16.8. The number of carbonyl (C=O) groups excluding carboxylic acids is 3. The van der Waals surface area contributed by atoms with E-state index in [4.69, 9.17) is 18.9 Å². The van der Waals surface area contributed by atoms with Gasteiger partial charge in [-0.05, 0) is 57.1 Å². The van der Waals surface area contributed by atoms with Gasteiger partial charge in [0.15, 0.2) is 6.10 Å². The van der Waals surface area contributed by atoms with Gasteiger partial charge >= 0.3 is 18.0 Å². The van der Waals surface area contributed by atoms with Gasteiger partial charge in [0, 0.05) is 44.9 Å². The van der Waals surface area contributed by atoms with Crippen molar-refractivity contribution in [2.45, 2.75) is 123 Å². The average molecular weight is 649 g/mol. The molecule has 10 atom stereocenters. The molecule has 0 aromatic heterocycles. The van der Waals surface area contributed by atoms with Crippen LogP contribution < -0.4 is 5.32 Å². The zero-order valence-electron chi connectivity index (χ0n) is 28.6. The molecule has 3 aliphatic rings. The quantitative estimate of drug-likeness (QED) is 0.104. The molecule has 2 fully saturated rings. The number of carbonyl (C=O) groups is 3. The summed E-state index contributed by atoms with van der Waals surface area (Å²) in [5.41, 5.74) is -0.468. The number of aliphatic hydroxyl groups is 2. The van der Waals surface area contributed by atoms with Crippen LogP contribution in [0, 0.1) is 17.8 Å². The van der Waals surface area contributed by atoms with Gasteiger partial charge in [0.25, 0.3) is 0 Å². The number of nitrogens with one attached hydrogen (secondary N) is 1. The normalized spacial score (nSPS) is 34.0. The van der Waals surface area contributed by atoms with E-state index in [1.165, 1.54) is 6.92 Å². The highest BCUT2D eigenvalue weighted by atomic mass is 16.6. The molecule has 0 aromatic rings. The monoisotopic (exact) mass is 648 g/mol. The molecule has 11 heteroatoms. The third-order valence-corrected chi connectivity index (χ3v) is 9.30. The number of hydrogen-bond donors (Lipinski definition) is 3. The van der Waals surface area contributed by atoms with Crippen LogP contribution in [0.5, 0.6) is 0 Å². The summed E-state index contributed by atoms with van der Waals surface area (Å²) < 4.78 is 23.5.